The Hall–Kier alpha value is -4.17. The summed E-state index contributed by atoms with van der Waals surface area (Å²) in [6.45, 7) is 3.06. The molecule has 1 amide bonds. The van der Waals surface area contributed by atoms with Crippen LogP contribution in [0.3, 0.4) is 0 Å². The van der Waals surface area contributed by atoms with E-state index in [2.05, 4.69) is 27.2 Å². The average molecular weight is 602 g/mol. The minimum atomic E-state index is -4.49. The summed E-state index contributed by atoms with van der Waals surface area (Å²) < 4.78 is 53.0. The zero-order valence-electron chi connectivity index (χ0n) is 24.4. The summed E-state index contributed by atoms with van der Waals surface area (Å²) in [5.74, 6) is -0.843. The van der Waals surface area contributed by atoms with E-state index in [0.717, 1.165) is 78.2 Å². The number of carbonyl (C=O) groups is 1. The van der Waals surface area contributed by atoms with E-state index < -0.39 is 24.0 Å². The summed E-state index contributed by atoms with van der Waals surface area (Å²) in [5.41, 5.74) is 5.17. The molecule has 0 atom stereocenters. The third-order valence-electron chi connectivity index (χ3n) is 8.94. The molecule has 1 heterocycles. The monoisotopic (exact) mass is 601 g/mol. The largest absolute Gasteiger partial charge is 0.405 e. The molecule has 1 fully saturated rings. The Labute approximate surface area is 255 Å². The molecule has 0 bridgehead atoms. The van der Waals surface area contributed by atoms with Gasteiger partial charge in [0.2, 0.25) is 5.91 Å². The Balaban J connectivity index is 1.08. The Bertz CT molecular complexity index is 1560. The van der Waals surface area contributed by atoms with E-state index in [1.807, 2.05) is 66.7 Å². The van der Waals surface area contributed by atoms with Crippen molar-refractivity contribution in [1.29, 1.82) is 0 Å². The maximum Gasteiger partial charge on any atom is 0.405 e. The Morgan fingerprint density at radius 3 is 2.00 bits per heavy atom. The van der Waals surface area contributed by atoms with E-state index in [0.29, 0.717) is 12.8 Å². The molecule has 1 aliphatic heterocycles. The van der Waals surface area contributed by atoms with Gasteiger partial charge < -0.3 is 10.2 Å². The van der Waals surface area contributed by atoms with Crippen molar-refractivity contribution >= 4 is 11.6 Å². The number of rotatable bonds is 9. The van der Waals surface area contributed by atoms with E-state index in [1.165, 1.54) is 12.1 Å². The van der Waals surface area contributed by atoms with Crippen LogP contribution in [0.15, 0.2) is 97.1 Å². The molecule has 1 N–H and O–H groups in total. The molecule has 4 nitrogen and oxygen atoms in total. The molecule has 8 heteroatoms. The third kappa shape index (κ3) is 6.09. The fourth-order valence-electron chi connectivity index (χ4n) is 6.77. The van der Waals surface area contributed by atoms with Crippen molar-refractivity contribution in [2.75, 3.05) is 44.2 Å². The van der Waals surface area contributed by atoms with Crippen LogP contribution in [0.25, 0.3) is 22.3 Å². The zero-order valence-corrected chi connectivity index (χ0v) is 24.4. The molecule has 0 saturated carbocycles. The van der Waals surface area contributed by atoms with Crippen molar-refractivity contribution < 1.29 is 22.4 Å². The van der Waals surface area contributed by atoms with Gasteiger partial charge in [0.15, 0.2) is 0 Å². The normalized spacial score (nSPS) is 16.0. The Morgan fingerprint density at radius 2 is 1.39 bits per heavy atom. The van der Waals surface area contributed by atoms with Gasteiger partial charge in [0.05, 0.1) is 0 Å². The van der Waals surface area contributed by atoms with Crippen molar-refractivity contribution in [2.45, 2.75) is 30.9 Å². The third-order valence-corrected chi connectivity index (χ3v) is 8.94. The van der Waals surface area contributed by atoms with Crippen LogP contribution in [0, 0.1) is 5.82 Å². The maximum absolute atomic E-state index is 13.7. The molecular weight excluding hydrogens is 566 g/mol. The van der Waals surface area contributed by atoms with Crippen molar-refractivity contribution in [2.24, 2.45) is 0 Å². The summed E-state index contributed by atoms with van der Waals surface area (Å²) in [5, 5.41) is 2.22. The number of nitrogens with one attached hydrogen (secondary N) is 1. The number of nitrogens with zero attached hydrogens (tertiary/aromatic N) is 2. The molecule has 2 aliphatic rings. The number of unbranched alkanes of at least 4 members (excludes halogenated alkanes) is 1. The molecule has 0 unspecified atom stereocenters. The first-order valence-corrected chi connectivity index (χ1v) is 15.1. The fraction of sp³-hybridized carbons (Fsp3) is 0.306. The van der Waals surface area contributed by atoms with E-state index in [-0.39, 0.29) is 5.82 Å². The minimum absolute atomic E-state index is 0.250. The minimum Gasteiger partial charge on any atom is -0.369 e. The summed E-state index contributed by atoms with van der Waals surface area (Å²) in [6, 6.07) is 30.0. The number of alkyl halides is 3. The fourth-order valence-corrected chi connectivity index (χ4v) is 6.77. The molecule has 1 aliphatic carbocycles. The van der Waals surface area contributed by atoms with Gasteiger partial charge >= 0.3 is 6.18 Å². The topological polar surface area (TPSA) is 35.6 Å². The van der Waals surface area contributed by atoms with E-state index in [1.54, 1.807) is 6.07 Å². The lowest BCUT2D eigenvalue weighted by atomic mass is 9.73. The second-order valence-corrected chi connectivity index (χ2v) is 11.6. The summed E-state index contributed by atoms with van der Waals surface area (Å²) in [7, 11) is 0. The van der Waals surface area contributed by atoms with Crippen LogP contribution >= 0.6 is 0 Å². The highest BCUT2D eigenvalue weighted by atomic mass is 19.4. The van der Waals surface area contributed by atoms with Crippen LogP contribution < -0.4 is 10.2 Å². The number of amides is 1. The van der Waals surface area contributed by atoms with Gasteiger partial charge in [0.1, 0.15) is 17.8 Å². The SMILES string of the molecule is O=C(NCC(F)(F)F)C1(CCCCN2CCN(c3ccc(-c4cccc(F)c4)cc3)CC2)c2ccccc2-c2ccccc21. The van der Waals surface area contributed by atoms with Gasteiger partial charge in [-0.15, -0.1) is 0 Å². The first kappa shape index (κ1) is 29.9. The van der Waals surface area contributed by atoms with Gasteiger partial charge in [-0.3, -0.25) is 9.69 Å². The lowest BCUT2D eigenvalue weighted by Gasteiger charge is -2.36. The van der Waals surface area contributed by atoms with Gasteiger partial charge in [-0.25, -0.2) is 4.39 Å². The second kappa shape index (κ2) is 12.4. The number of fused-ring (bicyclic) bond motifs is 3. The number of benzene rings is 4. The van der Waals surface area contributed by atoms with E-state index >= 15 is 0 Å². The van der Waals surface area contributed by atoms with Gasteiger partial charge in [0, 0.05) is 31.9 Å². The van der Waals surface area contributed by atoms with Crippen LogP contribution in [0.1, 0.15) is 30.4 Å². The van der Waals surface area contributed by atoms with Crippen LogP contribution in [0.5, 0.6) is 0 Å². The first-order chi connectivity index (χ1) is 21.2. The summed E-state index contributed by atoms with van der Waals surface area (Å²) >= 11 is 0. The first-order valence-electron chi connectivity index (χ1n) is 15.1. The number of hydrogen-bond donors (Lipinski definition) is 1. The second-order valence-electron chi connectivity index (χ2n) is 11.6. The van der Waals surface area contributed by atoms with Crippen molar-refractivity contribution in [3.05, 3.63) is 114 Å². The highest BCUT2D eigenvalue weighted by Crippen LogP contribution is 2.51. The van der Waals surface area contributed by atoms with E-state index in [9.17, 15) is 22.4 Å². The van der Waals surface area contributed by atoms with Crippen molar-refractivity contribution in [3.8, 4) is 22.3 Å². The van der Waals surface area contributed by atoms with Crippen LogP contribution in [0.2, 0.25) is 0 Å². The zero-order chi connectivity index (χ0) is 30.7. The highest BCUT2D eigenvalue weighted by molar-refractivity contribution is 6.00. The molecule has 228 valence electrons. The molecule has 0 radical (unpaired) electrons. The Morgan fingerprint density at radius 1 is 0.750 bits per heavy atom. The number of anilines is 1. The average Bonchev–Trinajstić information content (AvgIpc) is 3.33. The molecule has 4 aromatic rings. The number of piperazine rings is 1. The molecule has 4 aromatic carbocycles. The van der Waals surface area contributed by atoms with Gasteiger partial charge in [0.25, 0.3) is 0 Å². The standard InChI is InChI=1S/C36H35F4N3O/c37-28-9-7-8-27(24-28)26-14-16-29(17-15-26)43-22-20-42(21-23-43)19-6-5-18-35(34(44)41-25-36(38,39)40)32-12-3-1-10-30(32)31-11-2-4-13-33(31)35/h1-4,7-17,24H,5-6,18-23,25H2,(H,41,44). The smallest absolute Gasteiger partial charge is 0.369 e. The van der Waals surface area contributed by atoms with E-state index in [4.69, 9.17) is 0 Å². The molecule has 1 saturated heterocycles. The quantitative estimate of drug-likeness (QED) is 0.160. The number of carbonyl (C=O) groups excluding carboxylic acids is 1. The van der Waals surface area contributed by atoms with Crippen LogP contribution in [0.4, 0.5) is 23.2 Å². The van der Waals surface area contributed by atoms with Crippen LogP contribution in [-0.4, -0.2) is 56.3 Å². The lowest BCUT2D eigenvalue weighted by Crippen LogP contribution is -2.47. The summed E-state index contributed by atoms with van der Waals surface area (Å²) in [6.07, 6.45) is -2.52. The van der Waals surface area contributed by atoms with Crippen molar-refractivity contribution in [1.82, 2.24) is 10.2 Å². The maximum atomic E-state index is 13.7. The lowest BCUT2D eigenvalue weighted by molar-refractivity contribution is -0.141. The van der Waals surface area contributed by atoms with Gasteiger partial charge in [-0.2, -0.15) is 13.2 Å². The molecular formula is C36H35F4N3O. The molecule has 6 rings (SSSR count). The van der Waals surface area contributed by atoms with Crippen molar-refractivity contribution in [3.63, 3.8) is 0 Å². The van der Waals surface area contributed by atoms with Crippen LogP contribution in [-0.2, 0) is 10.2 Å². The van der Waals surface area contributed by atoms with Gasteiger partial charge in [-0.1, -0.05) is 79.2 Å². The summed E-state index contributed by atoms with van der Waals surface area (Å²) in [4.78, 5) is 18.4. The predicted octanol–water partition coefficient (Wildman–Crippen LogP) is 7.43. The number of hydrogen-bond acceptors (Lipinski definition) is 3. The van der Waals surface area contributed by atoms with Gasteiger partial charge in [-0.05, 0) is 77.0 Å². The highest BCUT2D eigenvalue weighted by Gasteiger charge is 2.49. The molecule has 44 heavy (non-hydrogen) atoms. The predicted molar refractivity (Wildman–Crippen MR) is 166 cm³/mol. The molecule has 0 aromatic heterocycles. The molecule has 0 spiro atoms. The number of halogens is 4. The Kier molecular flexibility index (Phi) is 8.45.